The molecule has 10 heavy (non-hydrogen) atoms. The van der Waals surface area contributed by atoms with Crippen molar-refractivity contribution in [3.63, 3.8) is 0 Å². The fraction of sp³-hybridized carbons (Fsp3) is 0.800. The molecular formula is C5H11BN2O2. The Labute approximate surface area is 60.3 Å². The third-order valence-electron chi connectivity index (χ3n) is 1.74. The second-order valence-corrected chi connectivity index (χ2v) is 2.62. The van der Waals surface area contributed by atoms with Crippen molar-refractivity contribution in [2.45, 2.75) is 12.1 Å². The van der Waals surface area contributed by atoms with Crippen molar-refractivity contribution in [1.82, 2.24) is 4.81 Å². The average molecular weight is 142 g/mol. The number of aliphatic hydroxyl groups is 1. The van der Waals surface area contributed by atoms with Gasteiger partial charge in [0.25, 0.3) is 7.41 Å². The van der Waals surface area contributed by atoms with Crippen molar-refractivity contribution < 1.29 is 9.90 Å². The van der Waals surface area contributed by atoms with Crippen molar-refractivity contribution in [2.75, 3.05) is 13.1 Å². The zero-order valence-electron chi connectivity index (χ0n) is 5.73. The number of carbonyl (C=O) groups excluding carboxylic acids is 1. The summed E-state index contributed by atoms with van der Waals surface area (Å²) in [6.07, 6.45) is 0.366. The van der Waals surface area contributed by atoms with Gasteiger partial charge in [-0.15, -0.1) is 0 Å². The molecule has 0 unspecified atom stereocenters. The van der Waals surface area contributed by atoms with Crippen molar-refractivity contribution >= 4 is 13.6 Å². The Morgan fingerprint density at radius 3 is 2.80 bits per heavy atom. The number of hydrogen-bond donors (Lipinski definition) is 2. The fourth-order valence-corrected chi connectivity index (χ4v) is 1.15. The minimum absolute atomic E-state index is 0.181. The van der Waals surface area contributed by atoms with E-state index in [-0.39, 0.29) is 6.04 Å². The molecule has 56 valence electrons. The summed E-state index contributed by atoms with van der Waals surface area (Å²) in [5.74, 6) is 0. The van der Waals surface area contributed by atoms with Crippen LogP contribution in [-0.2, 0) is 4.79 Å². The van der Waals surface area contributed by atoms with Crippen LogP contribution in [0.15, 0.2) is 0 Å². The molecule has 0 radical (unpaired) electrons. The standard InChI is InChI=1S/C5H11BN2O2/c7-4-1-8(6-3-9)2-5(4)10/h3-6,10H,1-2,7H2/t4-,5-/m1/s1. The summed E-state index contributed by atoms with van der Waals surface area (Å²) in [6, 6.07) is -0.181. The largest absolute Gasteiger partial charge is 0.390 e. The predicted molar refractivity (Wildman–Crippen MR) is 39.5 cm³/mol. The minimum atomic E-state index is -0.458. The van der Waals surface area contributed by atoms with E-state index in [0.717, 1.165) is 6.19 Å². The molecular weight excluding hydrogens is 131 g/mol. The molecule has 1 aliphatic rings. The van der Waals surface area contributed by atoms with Gasteiger partial charge in [-0.1, -0.05) is 0 Å². The maximum atomic E-state index is 10.0. The van der Waals surface area contributed by atoms with Crippen LogP contribution >= 0.6 is 0 Å². The molecule has 1 rings (SSSR count). The summed E-state index contributed by atoms with van der Waals surface area (Å²) in [5, 5.41) is 9.11. The molecule has 1 heterocycles. The van der Waals surface area contributed by atoms with Crippen LogP contribution in [0.3, 0.4) is 0 Å². The first-order valence-electron chi connectivity index (χ1n) is 3.33. The SMILES string of the molecule is N[C@@H]1CN(BC=O)C[C@H]1O. The van der Waals surface area contributed by atoms with Gasteiger partial charge in [0.15, 0.2) is 0 Å². The normalized spacial score (nSPS) is 34.2. The molecule has 0 amide bonds. The lowest BCUT2D eigenvalue weighted by Crippen LogP contribution is -2.33. The third kappa shape index (κ3) is 1.56. The lowest BCUT2D eigenvalue weighted by atomic mass is 9.96. The second-order valence-electron chi connectivity index (χ2n) is 2.62. The highest BCUT2D eigenvalue weighted by Gasteiger charge is 2.27. The Hall–Kier alpha value is -0.385. The minimum Gasteiger partial charge on any atom is -0.390 e. The van der Waals surface area contributed by atoms with E-state index < -0.39 is 6.10 Å². The highest BCUT2D eigenvalue weighted by Crippen LogP contribution is 2.04. The Bertz CT molecular complexity index is 123. The number of hydrogen-bond acceptors (Lipinski definition) is 4. The zero-order chi connectivity index (χ0) is 7.56. The van der Waals surface area contributed by atoms with Crippen LogP contribution in [-0.4, -0.2) is 48.8 Å². The highest BCUT2D eigenvalue weighted by molar-refractivity contribution is 6.64. The maximum absolute atomic E-state index is 10.0. The molecule has 0 aromatic heterocycles. The number of nitrogens with zero attached hydrogens (tertiary/aromatic N) is 1. The number of aliphatic hydroxyl groups excluding tert-OH is 1. The van der Waals surface area contributed by atoms with Gasteiger partial charge in [0, 0.05) is 19.1 Å². The molecule has 5 heteroatoms. The Kier molecular flexibility index (Phi) is 2.42. The summed E-state index contributed by atoms with van der Waals surface area (Å²) in [5.41, 5.74) is 5.49. The van der Waals surface area contributed by atoms with Gasteiger partial charge in [0.2, 0.25) is 0 Å². The molecule has 3 N–H and O–H groups in total. The van der Waals surface area contributed by atoms with E-state index in [1.165, 1.54) is 0 Å². The summed E-state index contributed by atoms with van der Waals surface area (Å²) < 4.78 is 0. The number of β-amino-alcohol motifs (C(OH)–C–C–N with tert-alkyl or cyclic N) is 1. The van der Waals surface area contributed by atoms with Crippen molar-refractivity contribution in [3.05, 3.63) is 0 Å². The van der Waals surface area contributed by atoms with E-state index in [0.29, 0.717) is 20.5 Å². The topological polar surface area (TPSA) is 66.6 Å². The number of carbonyl (C=O) groups is 1. The van der Waals surface area contributed by atoms with Crippen LogP contribution in [0.5, 0.6) is 0 Å². The van der Waals surface area contributed by atoms with Crippen molar-refractivity contribution in [2.24, 2.45) is 5.73 Å². The van der Waals surface area contributed by atoms with Gasteiger partial charge in [0.1, 0.15) is 0 Å². The van der Waals surface area contributed by atoms with Crippen LogP contribution in [0.4, 0.5) is 0 Å². The van der Waals surface area contributed by atoms with E-state index in [1.807, 2.05) is 4.81 Å². The van der Waals surface area contributed by atoms with Gasteiger partial charge in [-0.05, 0) is 0 Å². The van der Waals surface area contributed by atoms with Crippen LogP contribution in [0.25, 0.3) is 0 Å². The van der Waals surface area contributed by atoms with E-state index in [2.05, 4.69) is 0 Å². The predicted octanol–water partition coefficient (Wildman–Crippen LogP) is -2.47. The van der Waals surface area contributed by atoms with E-state index in [9.17, 15) is 4.79 Å². The lowest BCUT2D eigenvalue weighted by Gasteiger charge is -2.07. The molecule has 0 saturated carbocycles. The van der Waals surface area contributed by atoms with E-state index in [4.69, 9.17) is 10.8 Å². The van der Waals surface area contributed by atoms with E-state index >= 15 is 0 Å². The number of nitrogens with two attached hydrogens (primary N) is 1. The quantitative estimate of drug-likeness (QED) is 0.331. The highest BCUT2D eigenvalue weighted by atomic mass is 16.3. The molecule has 1 saturated heterocycles. The molecule has 0 aliphatic carbocycles. The van der Waals surface area contributed by atoms with Crippen molar-refractivity contribution in [1.29, 1.82) is 0 Å². The molecule has 1 aliphatic heterocycles. The van der Waals surface area contributed by atoms with Gasteiger partial charge in [0.05, 0.1) is 12.3 Å². The second kappa shape index (κ2) is 3.14. The van der Waals surface area contributed by atoms with Crippen LogP contribution in [0.1, 0.15) is 0 Å². The maximum Gasteiger partial charge on any atom is 0.281 e. The van der Waals surface area contributed by atoms with Gasteiger partial charge in [-0.25, -0.2) is 0 Å². The van der Waals surface area contributed by atoms with Crippen LogP contribution in [0.2, 0.25) is 0 Å². The molecule has 1 fully saturated rings. The molecule has 4 nitrogen and oxygen atoms in total. The Balaban J connectivity index is 2.33. The fourth-order valence-electron chi connectivity index (χ4n) is 1.15. The number of rotatable bonds is 2. The van der Waals surface area contributed by atoms with Gasteiger partial charge in [-0.3, -0.25) is 0 Å². The third-order valence-corrected chi connectivity index (χ3v) is 1.74. The molecule has 0 aromatic carbocycles. The first kappa shape index (κ1) is 7.72. The van der Waals surface area contributed by atoms with Gasteiger partial charge in [-0.2, -0.15) is 0 Å². The van der Waals surface area contributed by atoms with Crippen LogP contribution < -0.4 is 5.73 Å². The Morgan fingerprint density at radius 1 is 1.70 bits per heavy atom. The molecule has 0 bridgehead atoms. The van der Waals surface area contributed by atoms with Crippen LogP contribution in [0, 0.1) is 0 Å². The molecule has 0 spiro atoms. The molecule has 0 aromatic rings. The average Bonchev–Trinajstić information content (AvgIpc) is 2.14. The first-order valence-corrected chi connectivity index (χ1v) is 3.33. The van der Waals surface area contributed by atoms with Gasteiger partial charge < -0.3 is 20.4 Å². The summed E-state index contributed by atoms with van der Waals surface area (Å²) in [4.78, 5) is 11.8. The first-order chi connectivity index (χ1) is 4.74. The molecule has 2 atom stereocenters. The summed E-state index contributed by atoms with van der Waals surface area (Å²) >= 11 is 0. The summed E-state index contributed by atoms with van der Waals surface area (Å²) in [7, 11) is 0.380. The van der Waals surface area contributed by atoms with Gasteiger partial charge >= 0.3 is 0 Å². The lowest BCUT2D eigenvalue weighted by molar-refractivity contribution is 0.174. The van der Waals surface area contributed by atoms with E-state index in [1.54, 1.807) is 0 Å². The zero-order valence-corrected chi connectivity index (χ0v) is 5.73. The summed E-state index contributed by atoms with van der Waals surface area (Å²) in [6.45, 7) is 1.15. The van der Waals surface area contributed by atoms with Crippen molar-refractivity contribution in [3.8, 4) is 0 Å². The smallest absolute Gasteiger partial charge is 0.281 e. The monoisotopic (exact) mass is 142 g/mol. The Morgan fingerprint density at radius 2 is 2.40 bits per heavy atom.